The van der Waals surface area contributed by atoms with Gasteiger partial charge in [-0.2, -0.15) is 0 Å². The summed E-state index contributed by atoms with van der Waals surface area (Å²) in [5.41, 5.74) is -0.273. The normalized spacial score (nSPS) is 10.9. The van der Waals surface area contributed by atoms with Crippen LogP contribution >= 0.6 is 11.6 Å². The summed E-state index contributed by atoms with van der Waals surface area (Å²) in [5, 5.41) is 13.1. The lowest BCUT2D eigenvalue weighted by atomic mass is 10.3. The van der Waals surface area contributed by atoms with E-state index in [1.807, 2.05) is 0 Å². The molecule has 12 heteroatoms. The molecule has 10 nitrogen and oxygen atoms in total. The van der Waals surface area contributed by atoms with Crippen molar-refractivity contribution in [2.75, 3.05) is 18.5 Å². The molecular formula is C17H16ClN3O7S. The third-order valence-corrected chi connectivity index (χ3v) is 5.28. The number of esters is 1. The van der Waals surface area contributed by atoms with E-state index < -0.39 is 33.4 Å². The summed E-state index contributed by atoms with van der Waals surface area (Å²) in [5.74, 6) is -1.56. The first-order valence-electron chi connectivity index (χ1n) is 8.13. The molecule has 0 spiro atoms. The van der Waals surface area contributed by atoms with Crippen molar-refractivity contribution in [2.45, 2.75) is 11.3 Å². The smallest absolute Gasteiger partial charge is 0.307 e. The number of ether oxygens (including phenoxy) is 1. The van der Waals surface area contributed by atoms with Gasteiger partial charge in [0.05, 0.1) is 26.9 Å². The first-order valence-corrected chi connectivity index (χ1v) is 9.99. The Morgan fingerprint density at radius 1 is 1.14 bits per heavy atom. The van der Waals surface area contributed by atoms with Gasteiger partial charge in [0.25, 0.3) is 11.6 Å². The van der Waals surface area contributed by atoms with Gasteiger partial charge in [0.15, 0.2) is 6.61 Å². The van der Waals surface area contributed by atoms with Crippen LogP contribution in [0.1, 0.15) is 6.42 Å². The number of hydrogen-bond acceptors (Lipinski definition) is 7. The average molecular weight is 442 g/mol. The summed E-state index contributed by atoms with van der Waals surface area (Å²) in [4.78, 5) is 33.7. The van der Waals surface area contributed by atoms with E-state index in [1.165, 1.54) is 24.3 Å². The van der Waals surface area contributed by atoms with E-state index in [1.54, 1.807) is 18.2 Å². The number of nitrogens with one attached hydrogen (secondary N) is 2. The van der Waals surface area contributed by atoms with Gasteiger partial charge in [0, 0.05) is 18.7 Å². The van der Waals surface area contributed by atoms with Crippen LogP contribution in [0.25, 0.3) is 0 Å². The Labute approximate surface area is 171 Å². The Morgan fingerprint density at radius 3 is 2.48 bits per heavy atom. The second-order valence-electron chi connectivity index (χ2n) is 5.59. The van der Waals surface area contributed by atoms with Gasteiger partial charge < -0.3 is 10.1 Å². The first kappa shape index (κ1) is 22.3. The van der Waals surface area contributed by atoms with Crippen LogP contribution in [0.3, 0.4) is 0 Å². The van der Waals surface area contributed by atoms with Gasteiger partial charge in [-0.1, -0.05) is 29.8 Å². The highest BCUT2D eigenvalue weighted by Crippen LogP contribution is 2.26. The molecular weight excluding hydrogens is 426 g/mol. The molecule has 1 amide bonds. The average Bonchev–Trinajstić information content (AvgIpc) is 2.68. The van der Waals surface area contributed by atoms with E-state index >= 15 is 0 Å². The Kier molecular flexibility index (Phi) is 7.65. The Morgan fingerprint density at radius 2 is 1.83 bits per heavy atom. The molecule has 0 aliphatic heterocycles. The van der Waals surface area contributed by atoms with Crippen LogP contribution in [0.2, 0.25) is 5.02 Å². The zero-order valence-electron chi connectivity index (χ0n) is 14.8. The molecule has 154 valence electrons. The van der Waals surface area contributed by atoms with Crippen molar-refractivity contribution in [3.05, 3.63) is 63.7 Å². The van der Waals surface area contributed by atoms with Crippen LogP contribution < -0.4 is 10.0 Å². The predicted molar refractivity (Wildman–Crippen MR) is 104 cm³/mol. The van der Waals surface area contributed by atoms with Crippen molar-refractivity contribution in [1.29, 1.82) is 0 Å². The number of rotatable bonds is 9. The van der Waals surface area contributed by atoms with E-state index in [0.717, 1.165) is 6.07 Å². The zero-order chi connectivity index (χ0) is 21.4. The lowest BCUT2D eigenvalue weighted by molar-refractivity contribution is -0.384. The number of carbonyl (C=O) groups excluding carboxylic acids is 2. The fraction of sp³-hybridized carbons (Fsp3) is 0.176. The molecule has 2 aromatic carbocycles. The predicted octanol–water partition coefficient (Wildman–Crippen LogP) is 2.10. The van der Waals surface area contributed by atoms with E-state index in [0.29, 0.717) is 0 Å². The molecule has 0 bridgehead atoms. The maximum Gasteiger partial charge on any atom is 0.307 e. The minimum atomic E-state index is -3.75. The van der Waals surface area contributed by atoms with E-state index in [-0.39, 0.29) is 34.3 Å². The standard InChI is InChI=1S/C17H16ClN3O7S/c18-14-7-6-12(21(24)25)10-15(14)20-16(22)11-28-17(23)8-9-19-29(26,27)13-4-2-1-3-5-13/h1-7,10,19H,8-9,11H2,(H,20,22). The molecule has 0 unspecified atom stereocenters. The molecule has 2 rings (SSSR count). The summed E-state index contributed by atoms with van der Waals surface area (Å²) < 4.78 is 31.0. The van der Waals surface area contributed by atoms with Gasteiger partial charge in [0.2, 0.25) is 10.0 Å². The molecule has 2 N–H and O–H groups in total. The van der Waals surface area contributed by atoms with Gasteiger partial charge >= 0.3 is 5.97 Å². The van der Waals surface area contributed by atoms with Crippen molar-refractivity contribution in [1.82, 2.24) is 4.72 Å². The topological polar surface area (TPSA) is 145 Å². The SMILES string of the molecule is O=C(COC(=O)CCNS(=O)(=O)c1ccccc1)Nc1cc([N+](=O)[O-])ccc1Cl. The number of nitro benzene ring substituents is 1. The summed E-state index contributed by atoms with van der Waals surface area (Å²) in [6, 6.07) is 11.1. The monoisotopic (exact) mass is 441 g/mol. The second kappa shape index (κ2) is 9.96. The fourth-order valence-corrected chi connectivity index (χ4v) is 3.32. The molecule has 0 saturated heterocycles. The van der Waals surface area contributed by atoms with Gasteiger partial charge in [-0.25, -0.2) is 13.1 Å². The Bertz CT molecular complexity index is 1010. The van der Waals surface area contributed by atoms with E-state index in [2.05, 4.69) is 10.0 Å². The molecule has 0 aromatic heterocycles. The lowest BCUT2D eigenvalue weighted by Gasteiger charge is -2.09. The molecule has 0 aliphatic rings. The highest BCUT2D eigenvalue weighted by molar-refractivity contribution is 7.89. The number of hydrogen-bond donors (Lipinski definition) is 2. The second-order valence-corrected chi connectivity index (χ2v) is 7.77. The third-order valence-electron chi connectivity index (χ3n) is 3.47. The number of sulfonamides is 1. The van der Waals surface area contributed by atoms with Gasteiger partial charge in [-0.05, 0) is 18.2 Å². The van der Waals surface area contributed by atoms with E-state index in [4.69, 9.17) is 16.3 Å². The van der Waals surface area contributed by atoms with Crippen molar-refractivity contribution in [3.63, 3.8) is 0 Å². The number of nitrogens with zero attached hydrogens (tertiary/aromatic N) is 1. The molecule has 0 aliphatic carbocycles. The van der Waals surface area contributed by atoms with Crippen LogP contribution in [0, 0.1) is 10.1 Å². The first-order chi connectivity index (χ1) is 13.7. The van der Waals surface area contributed by atoms with E-state index in [9.17, 15) is 28.1 Å². The Balaban J connectivity index is 1.78. The van der Waals surface area contributed by atoms with Gasteiger partial charge in [-0.15, -0.1) is 0 Å². The van der Waals surface area contributed by atoms with Gasteiger partial charge in [0.1, 0.15) is 0 Å². The summed E-state index contributed by atoms with van der Waals surface area (Å²) in [6.07, 6.45) is -0.295. The maximum atomic E-state index is 12.0. The number of halogens is 1. The summed E-state index contributed by atoms with van der Waals surface area (Å²) in [7, 11) is -3.75. The third kappa shape index (κ3) is 6.82. The van der Waals surface area contributed by atoms with Crippen LogP contribution in [0.4, 0.5) is 11.4 Å². The number of benzene rings is 2. The number of amides is 1. The summed E-state index contributed by atoms with van der Waals surface area (Å²) in [6.45, 7) is -0.877. The van der Waals surface area contributed by atoms with Crippen LogP contribution in [0.15, 0.2) is 53.4 Å². The summed E-state index contributed by atoms with van der Waals surface area (Å²) >= 11 is 5.86. The van der Waals surface area contributed by atoms with Crippen molar-refractivity contribution < 1.29 is 27.7 Å². The number of nitro groups is 1. The minimum Gasteiger partial charge on any atom is -0.456 e. The zero-order valence-corrected chi connectivity index (χ0v) is 16.4. The molecule has 0 radical (unpaired) electrons. The number of anilines is 1. The molecule has 0 atom stereocenters. The van der Waals surface area contributed by atoms with Crippen LogP contribution in [-0.4, -0.2) is 38.4 Å². The highest BCUT2D eigenvalue weighted by atomic mass is 35.5. The van der Waals surface area contributed by atoms with Crippen molar-refractivity contribution >= 4 is 44.9 Å². The molecule has 0 fully saturated rings. The number of carbonyl (C=O) groups is 2. The fourth-order valence-electron chi connectivity index (χ4n) is 2.10. The largest absolute Gasteiger partial charge is 0.456 e. The van der Waals surface area contributed by atoms with Crippen LogP contribution in [0.5, 0.6) is 0 Å². The highest BCUT2D eigenvalue weighted by Gasteiger charge is 2.16. The maximum absolute atomic E-state index is 12.0. The molecule has 29 heavy (non-hydrogen) atoms. The van der Waals surface area contributed by atoms with Crippen LogP contribution in [-0.2, 0) is 24.3 Å². The lowest BCUT2D eigenvalue weighted by Crippen LogP contribution is -2.28. The molecule has 0 saturated carbocycles. The molecule has 2 aromatic rings. The molecule has 0 heterocycles. The van der Waals surface area contributed by atoms with Crippen molar-refractivity contribution in [3.8, 4) is 0 Å². The van der Waals surface area contributed by atoms with Gasteiger partial charge in [-0.3, -0.25) is 19.7 Å². The minimum absolute atomic E-state index is 0.00228. The Hall–Kier alpha value is -3.02. The van der Waals surface area contributed by atoms with Crippen molar-refractivity contribution in [2.24, 2.45) is 0 Å². The quantitative estimate of drug-likeness (QED) is 0.344. The number of non-ortho nitro benzene ring substituents is 1.